The van der Waals surface area contributed by atoms with E-state index in [1.54, 1.807) is 4.57 Å². The van der Waals surface area contributed by atoms with Crippen molar-refractivity contribution in [3.8, 4) is 0 Å². The molecule has 4 nitrogen and oxygen atoms in total. The molecule has 1 fully saturated rings. The number of aryl methyl sites for hydroxylation is 1. The van der Waals surface area contributed by atoms with Gasteiger partial charge in [0.15, 0.2) is 4.77 Å². The van der Waals surface area contributed by atoms with Crippen molar-refractivity contribution in [1.82, 2.24) is 14.5 Å². The second-order valence-corrected chi connectivity index (χ2v) is 4.46. The maximum absolute atomic E-state index is 12.1. The SMILES string of the molecule is Cc1cc2[nH]c(=S)n(C3CC3)c(=O)c2[nH]1. The molecular formula is C10H11N3OS. The van der Waals surface area contributed by atoms with Gasteiger partial charge in [0.25, 0.3) is 5.56 Å². The van der Waals surface area contributed by atoms with Gasteiger partial charge in [-0.25, -0.2) is 0 Å². The molecule has 1 aliphatic carbocycles. The fraction of sp³-hybridized carbons (Fsp3) is 0.400. The van der Waals surface area contributed by atoms with Crippen LogP contribution in [0.25, 0.3) is 11.0 Å². The average Bonchev–Trinajstić information content (AvgIpc) is 2.90. The van der Waals surface area contributed by atoms with Gasteiger partial charge in [0.1, 0.15) is 5.52 Å². The van der Waals surface area contributed by atoms with Gasteiger partial charge in [-0.1, -0.05) is 0 Å². The molecule has 5 heteroatoms. The lowest BCUT2D eigenvalue weighted by Crippen LogP contribution is -2.21. The fourth-order valence-corrected chi connectivity index (χ4v) is 2.25. The highest BCUT2D eigenvalue weighted by atomic mass is 32.1. The molecule has 1 saturated carbocycles. The minimum absolute atomic E-state index is 0.00403. The number of H-pyrrole nitrogens is 2. The smallest absolute Gasteiger partial charge is 0.278 e. The standard InChI is InChI=1S/C10H11N3OS/c1-5-4-7-8(11-5)9(14)13(6-2-3-6)10(15)12-7/h4,6,11H,2-3H2,1H3,(H,12,15). The van der Waals surface area contributed by atoms with E-state index < -0.39 is 0 Å². The van der Waals surface area contributed by atoms with Crippen molar-refractivity contribution in [3.05, 3.63) is 26.9 Å². The predicted octanol–water partition coefficient (Wildman–Crippen LogP) is 2.03. The van der Waals surface area contributed by atoms with Crippen LogP contribution in [0.4, 0.5) is 0 Å². The first-order valence-corrected chi connectivity index (χ1v) is 5.42. The molecule has 2 aromatic rings. The lowest BCUT2D eigenvalue weighted by Gasteiger charge is -2.02. The Kier molecular flexibility index (Phi) is 1.68. The molecule has 1 aliphatic rings. The van der Waals surface area contributed by atoms with Crippen molar-refractivity contribution in [2.24, 2.45) is 0 Å². The van der Waals surface area contributed by atoms with Crippen LogP contribution in [-0.2, 0) is 0 Å². The zero-order valence-corrected chi connectivity index (χ0v) is 9.15. The zero-order chi connectivity index (χ0) is 10.6. The Bertz CT molecular complexity index is 645. The zero-order valence-electron chi connectivity index (χ0n) is 8.33. The Balaban J connectivity index is 2.46. The molecule has 2 heterocycles. The van der Waals surface area contributed by atoms with Gasteiger partial charge in [0.2, 0.25) is 0 Å². The van der Waals surface area contributed by atoms with E-state index in [9.17, 15) is 4.79 Å². The topological polar surface area (TPSA) is 53.6 Å². The Hall–Kier alpha value is -1.36. The molecule has 78 valence electrons. The number of nitrogens with zero attached hydrogens (tertiary/aromatic N) is 1. The minimum atomic E-state index is 0.00403. The summed E-state index contributed by atoms with van der Waals surface area (Å²) in [6.45, 7) is 1.93. The molecule has 2 aromatic heterocycles. The molecule has 0 spiro atoms. The highest BCUT2D eigenvalue weighted by Gasteiger charge is 2.26. The summed E-state index contributed by atoms with van der Waals surface area (Å²) in [5.41, 5.74) is 2.41. The highest BCUT2D eigenvalue weighted by Crippen LogP contribution is 2.33. The van der Waals surface area contributed by atoms with Crippen LogP contribution in [0.3, 0.4) is 0 Å². The van der Waals surface area contributed by atoms with Crippen molar-refractivity contribution >= 4 is 23.3 Å². The summed E-state index contributed by atoms with van der Waals surface area (Å²) in [4.78, 5) is 18.2. The van der Waals surface area contributed by atoms with E-state index in [-0.39, 0.29) is 5.56 Å². The number of aromatic nitrogens is 3. The Morgan fingerprint density at radius 1 is 1.47 bits per heavy atom. The van der Waals surface area contributed by atoms with Crippen LogP contribution < -0.4 is 5.56 Å². The van der Waals surface area contributed by atoms with Crippen molar-refractivity contribution in [3.63, 3.8) is 0 Å². The van der Waals surface area contributed by atoms with Crippen LogP contribution >= 0.6 is 12.2 Å². The van der Waals surface area contributed by atoms with Gasteiger partial charge < -0.3 is 9.97 Å². The van der Waals surface area contributed by atoms with Crippen LogP contribution in [0.15, 0.2) is 10.9 Å². The first-order valence-electron chi connectivity index (χ1n) is 5.01. The second-order valence-electron chi connectivity index (χ2n) is 4.08. The summed E-state index contributed by atoms with van der Waals surface area (Å²) < 4.78 is 2.22. The van der Waals surface area contributed by atoms with E-state index in [4.69, 9.17) is 12.2 Å². The third-order valence-corrected chi connectivity index (χ3v) is 3.06. The largest absolute Gasteiger partial charge is 0.353 e. The van der Waals surface area contributed by atoms with Crippen molar-refractivity contribution in [2.75, 3.05) is 0 Å². The van der Waals surface area contributed by atoms with Crippen molar-refractivity contribution in [2.45, 2.75) is 25.8 Å². The van der Waals surface area contributed by atoms with Crippen LogP contribution in [0, 0.1) is 11.7 Å². The summed E-state index contributed by atoms with van der Waals surface area (Å²) in [7, 11) is 0. The number of nitrogens with one attached hydrogen (secondary N) is 2. The molecule has 2 N–H and O–H groups in total. The van der Waals surface area contributed by atoms with Crippen LogP contribution in [0.5, 0.6) is 0 Å². The quantitative estimate of drug-likeness (QED) is 0.724. The van der Waals surface area contributed by atoms with Crippen LogP contribution in [0.1, 0.15) is 24.6 Å². The number of fused-ring (bicyclic) bond motifs is 1. The number of hydrogen-bond donors (Lipinski definition) is 2. The molecule has 0 aromatic carbocycles. The fourth-order valence-electron chi connectivity index (χ4n) is 1.91. The minimum Gasteiger partial charge on any atom is -0.353 e. The molecule has 15 heavy (non-hydrogen) atoms. The summed E-state index contributed by atoms with van der Waals surface area (Å²) in [5.74, 6) is 0. The van der Waals surface area contributed by atoms with Gasteiger partial charge in [-0.05, 0) is 38.0 Å². The van der Waals surface area contributed by atoms with Gasteiger partial charge in [-0.3, -0.25) is 9.36 Å². The molecule has 0 bridgehead atoms. The Morgan fingerprint density at radius 2 is 2.20 bits per heavy atom. The summed E-state index contributed by atoms with van der Waals surface area (Å²) in [5, 5.41) is 0. The van der Waals surface area contributed by atoms with Crippen LogP contribution in [0.2, 0.25) is 0 Å². The average molecular weight is 221 g/mol. The maximum atomic E-state index is 12.1. The van der Waals surface area contributed by atoms with E-state index in [0.717, 1.165) is 24.1 Å². The maximum Gasteiger partial charge on any atom is 0.278 e. The number of rotatable bonds is 1. The third-order valence-electron chi connectivity index (χ3n) is 2.76. The van der Waals surface area contributed by atoms with Gasteiger partial charge in [-0.2, -0.15) is 0 Å². The predicted molar refractivity (Wildman–Crippen MR) is 60.8 cm³/mol. The highest BCUT2D eigenvalue weighted by molar-refractivity contribution is 7.71. The molecular weight excluding hydrogens is 210 g/mol. The summed E-state index contributed by atoms with van der Waals surface area (Å²) >= 11 is 5.19. The molecule has 0 saturated heterocycles. The Morgan fingerprint density at radius 3 is 2.87 bits per heavy atom. The van der Waals surface area contributed by atoms with E-state index in [1.165, 1.54) is 0 Å². The van der Waals surface area contributed by atoms with Crippen LogP contribution in [-0.4, -0.2) is 14.5 Å². The van der Waals surface area contributed by atoms with Gasteiger partial charge in [0, 0.05) is 11.7 Å². The number of aromatic amines is 2. The van der Waals surface area contributed by atoms with Crippen molar-refractivity contribution < 1.29 is 0 Å². The molecule has 0 aliphatic heterocycles. The summed E-state index contributed by atoms with van der Waals surface area (Å²) in [6, 6.07) is 2.22. The first kappa shape index (κ1) is 8.91. The number of hydrogen-bond acceptors (Lipinski definition) is 2. The second kappa shape index (κ2) is 2.82. The van der Waals surface area contributed by atoms with Gasteiger partial charge in [-0.15, -0.1) is 0 Å². The molecule has 3 rings (SSSR count). The monoisotopic (exact) mass is 221 g/mol. The summed E-state index contributed by atoms with van der Waals surface area (Å²) in [6.07, 6.45) is 2.12. The van der Waals surface area contributed by atoms with Gasteiger partial charge in [0.05, 0.1) is 5.52 Å². The van der Waals surface area contributed by atoms with Gasteiger partial charge >= 0.3 is 0 Å². The van der Waals surface area contributed by atoms with E-state index >= 15 is 0 Å². The molecule has 0 atom stereocenters. The molecule has 0 amide bonds. The normalized spacial score (nSPS) is 16.1. The van der Waals surface area contributed by atoms with E-state index in [1.807, 2.05) is 13.0 Å². The first-order chi connectivity index (χ1) is 7.16. The molecule has 0 unspecified atom stereocenters. The van der Waals surface area contributed by atoms with E-state index in [2.05, 4.69) is 9.97 Å². The molecule has 0 radical (unpaired) electrons. The van der Waals surface area contributed by atoms with Crippen molar-refractivity contribution in [1.29, 1.82) is 0 Å². The lowest BCUT2D eigenvalue weighted by molar-refractivity contribution is 0.684. The Labute approximate surface area is 90.9 Å². The lowest BCUT2D eigenvalue weighted by atomic mass is 10.4. The van der Waals surface area contributed by atoms with E-state index in [0.29, 0.717) is 16.3 Å². The third kappa shape index (κ3) is 1.26.